The molecule has 0 bridgehead atoms. The summed E-state index contributed by atoms with van der Waals surface area (Å²) in [5, 5.41) is 23.7. The summed E-state index contributed by atoms with van der Waals surface area (Å²) in [6, 6.07) is 0. The summed E-state index contributed by atoms with van der Waals surface area (Å²) in [5.41, 5.74) is 0. The summed E-state index contributed by atoms with van der Waals surface area (Å²) in [6.07, 6.45) is 0. The maximum atomic E-state index is 8.11. The zero-order valence-corrected chi connectivity index (χ0v) is 7.40. The fourth-order valence-electron chi connectivity index (χ4n) is 0. The molecule has 0 aromatic carbocycles. The molecule has 13 heteroatoms. The van der Waals surface area contributed by atoms with Crippen molar-refractivity contribution in [2.24, 2.45) is 16.0 Å². The minimum atomic E-state index is 0. The van der Waals surface area contributed by atoms with E-state index in [0.29, 0.717) is 0 Å². The van der Waals surface area contributed by atoms with Crippen LogP contribution in [-0.4, -0.2) is 15.6 Å². The molecule has 1 radical (unpaired) electrons. The van der Waals surface area contributed by atoms with Crippen molar-refractivity contribution in [2.45, 2.75) is 0 Å². The van der Waals surface area contributed by atoms with Gasteiger partial charge >= 0.3 is 0 Å². The second-order valence-corrected chi connectivity index (χ2v) is 0.245. The van der Waals surface area contributed by atoms with Gasteiger partial charge in [0.25, 0.3) is 0 Å². The van der Waals surface area contributed by atoms with E-state index >= 15 is 0 Å². The van der Waals surface area contributed by atoms with Crippen molar-refractivity contribution in [2.75, 3.05) is 0 Å². The van der Waals surface area contributed by atoms with E-state index in [1.807, 2.05) is 0 Å². The zero-order valence-electron chi connectivity index (χ0n) is 6.36. The topological polar surface area (TPSA) is 254 Å². The second kappa shape index (κ2) is 387. The van der Waals surface area contributed by atoms with E-state index in [2.05, 4.69) is 0 Å². The fourth-order valence-corrected chi connectivity index (χ4v) is 0. The van der Waals surface area contributed by atoms with Crippen molar-refractivity contribution in [3.05, 3.63) is 14.7 Å². The Hall–Kier alpha value is -1.41. The Morgan fingerprint density at radius 3 is 0.615 bits per heavy atom. The molecule has 0 aliphatic rings. The van der Waals surface area contributed by atoms with Gasteiger partial charge in [-0.25, -0.2) is 0 Å². The normalized spacial score (nSPS) is 2.77. The molecular weight excluding hydrogens is 239 g/mol. The average molecular weight is 251 g/mol. The van der Waals surface area contributed by atoms with Crippen molar-refractivity contribution in [3.8, 4) is 0 Å². The van der Waals surface area contributed by atoms with E-state index < -0.39 is 0 Å². The largest absolute Gasteiger partial charge is 0.379 e. The third-order valence-corrected chi connectivity index (χ3v) is 0. The van der Waals surface area contributed by atoms with Gasteiger partial charge in [-0.3, -0.25) is 0 Å². The minimum absolute atomic E-state index is 0. The van der Waals surface area contributed by atoms with E-state index in [1.165, 1.54) is 16.0 Å². The van der Waals surface area contributed by atoms with Crippen LogP contribution in [0, 0.1) is 14.7 Å². The SMILES string of the molecule is N.N.N.O=NO.O=NO.O=NO.[Co]. The smallest absolute Gasteiger partial charge is 0.152 e. The van der Waals surface area contributed by atoms with Crippen LogP contribution in [0.3, 0.4) is 0 Å². The van der Waals surface area contributed by atoms with Crippen molar-refractivity contribution in [1.29, 1.82) is 0 Å². The third kappa shape index (κ3) is 391. The zero-order chi connectivity index (χ0) is 8.12. The monoisotopic (exact) mass is 251 g/mol. The molecule has 0 aromatic rings. The molecule has 0 atom stereocenters. The quantitative estimate of drug-likeness (QED) is 0.263. The van der Waals surface area contributed by atoms with E-state index in [1.54, 1.807) is 0 Å². The second-order valence-electron chi connectivity index (χ2n) is 0.245. The summed E-state index contributed by atoms with van der Waals surface area (Å²) in [4.78, 5) is 24.3. The van der Waals surface area contributed by atoms with Gasteiger partial charge in [-0.15, -0.1) is 14.7 Å². The van der Waals surface area contributed by atoms with Gasteiger partial charge in [-0.2, -0.15) is 0 Å². The van der Waals surface area contributed by atoms with E-state index in [0.717, 1.165) is 0 Å². The maximum Gasteiger partial charge on any atom is 0.152 e. The summed E-state index contributed by atoms with van der Waals surface area (Å²) in [5.74, 6) is 0. The number of rotatable bonds is 0. The molecule has 0 rings (SSSR count). The van der Waals surface area contributed by atoms with E-state index in [9.17, 15) is 0 Å². The first kappa shape index (κ1) is 61.7. The summed E-state index contributed by atoms with van der Waals surface area (Å²) in [7, 11) is 0. The number of nitrogens with zero attached hydrogens (tertiary/aromatic N) is 3. The van der Waals surface area contributed by atoms with Gasteiger partial charge in [0, 0.05) is 16.8 Å². The fraction of sp³-hybridized carbons (Fsp3) is 0. The molecular formula is H12CoN6O6. The molecule has 0 aromatic heterocycles. The Balaban J connectivity index is -0.00000000720. The maximum absolute atomic E-state index is 8.11. The minimum Gasteiger partial charge on any atom is -0.379 e. The molecule has 0 amide bonds. The first-order valence-electron chi connectivity index (χ1n) is 1.15. The van der Waals surface area contributed by atoms with Gasteiger partial charge in [-0.05, 0) is 0 Å². The van der Waals surface area contributed by atoms with Crippen molar-refractivity contribution < 1.29 is 32.4 Å². The van der Waals surface area contributed by atoms with Crippen LogP contribution in [-0.2, 0) is 16.8 Å². The van der Waals surface area contributed by atoms with Crippen molar-refractivity contribution >= 4 is 0 Å². The first-order valence-corrected chi connectivity index (χ1v) is 1.15. The van der Waals surface area contributed by atoms with Crippen LogP contribution in [0.5, 0.6) is 0 Å². The van der Waals surface area contributed by atoms with Crippen LogP contribution in [0.1, 0.15) is 0 Å². The van der Waals surface area contributed by atoms with Gasteiger partial charge in [-0.1, -0.05) is 0 Å². The Morgan fingerprint density at radius 2 is 0.615 bits per heavy atom. The van der Waals surface area contributed by atoms with Crippen LogP contribution in [0.2, 0.25) is 0 Å². The third-order valence-electron chi connectivity index (χ3n) is 0. The Morgan fingerprint density at radius 1 is 0.615 bits per heavy atom. The number of hydrogen-bond acceptors (Lipinski definition) is 9. The molecule has 0 heterocycles. The molecule has 0 spiro atoms. The molecule has 87 valence electrons. The van der Waals surface area contributed by atoms with E-state index in [-0.39, 0.29) is 35.2 Å². The molecule has 0 saturated heterocycles. The standard InChI is InChI=1S/Co.3HNO2.3H3N/c;3*2-1-3;;;/h;3*(H,2,3);3*1H3. The average Bonchev–Trinajstić information content (AvgIpc) is 1.70. The van der Waals surface area contributed by atoms with E-state index in [4.69, 9.17) is 30.3 Å². The van der Waals surface area contributed by atoms with Crippen molar-refractivity contribution in [1.82, 2.24) is 18.5 Å². The van der Waals surface area contributed by atoms with Crippen LogP contribution in [0.4, 0.5) is 0 Å². The molecule has 0 aliphatic heterocycles. The first-order chi connectivity index (χ1) is 4.24. The molecule has 0 unspecified atom stereocenters. The van der Waals surface area contributed by atoms with Gasteiger partial charge < -0.3 is 34.1 Å². The Labute approximate surface area is 82.4 Å². The van der Waals surface area contributed by atoms with Crippen LogP contribution in [0.15, 0.2) is 16.0 Å². The number of hydrogen-bond donors (Lipinski definition) is 6. The molecule has 12 N–H and O–H groups in total. The molecule has 13 heavy (non-hydrogen) atoms. The Bertz CT molecular complexity index is 53.9. The van der Waals surface area contributed by atoms with Crippen LogP contribution >= 0.6 is 0 Å². The predicted octanol–water partition coefficient (Wildman–Crippen LogP) is 0.909. The molecule has 12 nitrogen and oxygen atoms in total. The summed E-state index contributed by atoms with van der Waals surface area (Å²) in [6.45, 7) is 0. The van der Waals surface area contributed by atoms with Crippen LogP contribution < -0.4 is 18.5 Å². The predicted molar refractivity (Wildman–Crippen MR) is 37.8 cm³/mol. The molecule has 0 saturated carbocycles. The van der Waals surface area contributed by atoms with Crippen LogP contribution in [0.25, 0.3) is 0 Å². The Kier molecular flexibility index (Phi) is 1840. The van der Waals surface area contributed by atoms with Crippen molar-refractivity contribution in [3.63, 3.8) is 0 Å². The summed E-state index contributed by atoms with van der Waals surface area (Å²) < 4.78 is 0. The molecule has 0 fully saturated rings. The van der Waals surface area contributed by atoms with Gasteiger partial charge in [0.15, 0.2) is 16.0 Å². The summed E-state index contributed by atoms with van der Waals surface area (Å²) >= 11 is 0. The van der Waals surface area contributed by atoms with Gasteiger partial charge in [0.1, 0.15) is 0 Å². The van der Waals surface area contributed by atoms with Gasteiger partial charge in [0.2, 0.25) is 0 Å². The van der Waals surface area contributed by atoms with Gasteiger partial charge in [0.05, 0.1) is 0 Å². The molecule has 0 aliphatic carbocycles.